The normalized spacial score (nSPS) is 11.1. The van der Waals surface area contributed by atoms with E-state index in [2.05, 4.69) is 10.3 Å². The number of nitrogens with zero attached hydrogens (tertiary/aromatic N) is 1. The highest BCUT2D eigenvalue weighted by Gasteiger charge is 2.33. The summed E-state index contributed by atoms with van der Waals surface area (Å²) in [5.41, 5.74) is 7.12. The summed E-state index contributed by atoms with van der Waals surface area (Å²) in [6, 6.07) is 11.2. The van der Waals surface area contributed by atoms with E-state index in [4.69, 9.17) is 10.5 Å². The van der Waals surface area contributed by atoms with E-state index in [9.17, 15) is 4.79 Å². The Hall–Kier alpha value is -2.40. The number of carbonyl (C=O) groups excluding carboxylic acids is 1. The molecule has 0 saturated carbocycles. The molecule has 5 nitrogen and oxygen atoms in total. The Balaban J connectivity index is 1.95. The molecular weight excluding hydrogens is 302 g/mol. The SMILES string of the molecule is CCC(CC)(CN)C(=O)Nc1ccc(OCc2ccncc2)cc1. The fraction of sp³-hybridized carbons (Fsp3) is 0.368. The van der Waals surface area contributed by atoms with Crippen LogP contribution in [0.1, 0.15) is 32.3 Å². The molecule has 0 atom stereocenters. The molecule has 1 amide bonds. The van der Waals surface area contributed by atoms with Crippen LogP contribution in [0.15, 0.2) is 48.8 Å². The van der Waals surface area contributed by atoms with Gasteiger partial charge in [-0.3, -0.25) is 9.78 Å². The molecule has 0 spiro atoms. The number of ether oxygens (including phenoxy) is 1. The maximum Gasteiger partial charge on any atom is 0.231 e. The van der Waals surface area contributed by atoms with Crippen molar-refractivity contribution < 1.29 is 9.53 Å². The first-order valence-corrected chi connectivity index (χ1v) is 8.27. The summed E-state index contributed by atoms with van der Waals surface area (Å²) in [4.78, 5) is 16.5. The predicted octanol–water partition coefficient (Wildman–Crippen LogP) is 3.36. The van der Waals surface area contributed by atoms with Gasteiger partial charge >= 0.3 is 0 Å². The van der Waals surface area contributed by atoms with Crippen LogP contribution in [0.3, 0.4) is 0 Å². The molecule has 0 saturated heterocycles. The van der Waals surface area contributed by atoms with Crippen LogP contribution in [0.2, 0.25) is 0 Å². The summed E-state index contributed by atoms with van der Waals surface area (Å²) in [6.07, 6.45) is 4.92. The Labute approximate surface area is 143 Å². The first kappa shape index (κ1) is 17.9. The van der Waals surface area contributed by atoms with Crippen molar-refractivity contribution in [3.8, 4) is 5.75 Å². The lowest BCUT2D eigenvalue weighted by Gasteiger charge is -2.28. The van der Waals surface area contributed by atoms with Crippen molar-refractivity contribution in [3.05, 3.63) is 54.4 Å². The van der Waals surface area contributed by atoms with Crippen LogP contribution in [0.5, 0.6) is 5.75 Å². The van der Waals surface area contributed by atoms with E-state index in [0.29, 0.717) is 13.2 Å². The van der Waals surface area contributed by atoms with E-state index < -0.39 is 5.41 Å². The first-order chi connectivity index (χ1) is 11.6. The fourth-order valence-electron chi connectivity index (χ4n) is 2.50. The van der Waals surface area contributed by atoms with Crippen LogP contribution >= 0.6 is 0 Å². The van der Waals surface area contributed by atoms with E-state index in [1.807, 2.05) is 50.2 Å². The lowest BCUT2D eigenvalue weighted by atomic mass is 9.81. The number of hydrogen-bond donors (Lipinski definition) is 2. The monoisotopic (exact) mass is 327 g/mol. The molecule has 24 heavy (non-hydrogen) atoms. The van der Waals surface area contributed by atoms with Gasteiger partial charge in [0.15, 0.2) is 0 Å². The molecule has 0 bridgehead atoms. The van der Waals surface area contributed by atoms with Crippen molar-refractivity contribution in [2.75, 3.05) is 11.9 Å². The van der Waals surface area contributed by atoms with Crippen LogP contribution in [-0.2, 0) is 11.4 Å². The Kier molecular flexibility index (Phi) is 6.32. The molecule has 0 radical (unpaired) electrons. The molecule has 0 unspecified atom stereocenters. The van der Waals surface area contributed by atoms with Crippen molar-refractivity contribution in [2.24, 2.45) is 11.1 Å². The van der Waals surface area contributed by atoms with Gasteiger partial charge in [-0.25, -0.2) is 0 Å². The number of pyridine rings is 1. The Morgan fingerprint density at radius 2 is 1.75 bits per heavy atom. The summed E-state index contributed by atoms with van der Waals surface area (Å²) >= 11 is 0. The first-order valence-electron chi connectivity index (χ1n) is 8.27. The van der Waals surface area contributed by atoms with E-state index in [-0.39, 0.29) is 5.91 Å². The Morgan fingerprint density at radius 3 is 2.29 bits per heavy atom. The number of benzene rings is 1. The fourth-order valence-corrected chi connectivity index (χ4v) is 2.50. The lowest BCUT2D eigenvalue weighted by molar-refractivity contribution is -0.125. The maximum atomic E-state index is 12.5. The van der Waals surface area contributed by atoms with Crippen LogP contribution in [0, 0.1) is 5.41 Å². The second kappa shape index (κ2) is 8.45. The number of nitrogens with two attached hydrogens (primary N) is 1. The molecule has 0 aliphatic heterocycles. The van der Waals surface area contributed by atoms with Gasteiger partial charge in [-0.15, -0.1) is 0 Å². The quantitative estimate of drug-likeness (QED) is 0.779. The van der Waals surface area contributed by atoms with Gasteiger partial charge in [0.2, 0.25) is 5.91 Å². The summed E-state index contributed by atoms with van der Waals surface area (Å²) in [5, 5.41) is 2.95. The molecule has 3 N–H and O–H groups in total. The van der Waals surface area contributed by atoms with Crippen LogP contribution in [0.25, 0.3) is 0 Å². The zero-order valence-corrected chi connectivity index (χ0v) is 14.3. The van der Waals surface area contributed by atoms with Crippen molar-refractivity contribution in [3.63, 3.8) is 0 Å². The number of hydrogen-bond acceptors (Lipinski definition) is 4. The molecular formula is C19H25N3O2. The van der Waals surface area contributed by atoms with Crippen molar-refractivity contribution in [1.29, 1.82) is 0 Å². The summed E-state index contributed by atoms with van der Waals surface area (Å²) < 4.78 is 5.72. The van der Waals surface area contributed by atoms with E-state index in [1.165, 1.54) is 0 Å². The topological polar surface area (TPSA) is 77.2 Å². The number of rotatable bonds is 8. The van der Waals surface area contributed by atoms with Gasteiger partial charge in [0.25, 0.3) is 0 Å². The smallest absolute Gasteiger partial charge is 0.231 e. The molecule has 2 aromatic rings. The zero-order valence-electron chi connectivity index (χ0n) is 14.3. The number of aromatic nitrogens is 1. The molecule has 5 heteroatoms. The number of amides is 1. The third-order valence-electron chi connectivity index (χ3n) is 4.49. The third-order valence-corrected chi connectivity index (χ3v) is 4.49. The van der Waals surface area contributed by atoms with E-state index in [0.717, 1.165) is 29.8 Å². The van der Waals surface area contributed by atoms with Crippen LogP contribution < -0.4 is 15.8 Å². The van der Waals surface area contributed by atoms with Crippen molar-refractivity contribution in [1.82, 2.24) is 4.98 Å². The molecule has 2 rings (SSSR count). The highest BCUT2D eigenvalue weighted by Crippen LogP contribution is 2.27. The maximum absolute atomic E-state index is 12.5. The highest BCUT2D eigenvalue weighted by atomic mass is 16.5. The van der Waals surface area contributed by atoms with Gasteiger partial charge < -0.3 is 15.8 Å². The van der Waals surface area contributed by atoms with E-state index >= 15 is 0 Å². The van der Waals surface area contributed by atoms with Gasteiger partial charge in [-0.05, 0) is 54.8 Å². The minimum absolute atomic E-state index is 0.0274. The lowest BCUT2D eigenvalue weighted by Crippen LogP contribution is -2.41. The van der Waals surface area contributed by atoms with Crippen LogP contribution in [-0.4, -0.2) is 17.4 Å². The Morgan fingerprint density at radius 1 is 1.12 bits per heavy atom. The summed E-state index contributed by atoms with van der Waals surface area (Å²) in [5.74, 6) is 0.723. The number of carbonyl (C=O) groups is 1. The van der Waals surface area contributed by atoms with Crippen molar-refractivity contribution in [2.45, 2.75) is 33.3 Å². The highest BCUT2D eigenvalue weighted by molar-refractivity contribution is 5.95. The number of anilines is 1. The number of nitrogens with one attached hydrogen (secondary N) is 1. The van der Waals surface area contributed by atoms with Gasteiger partial charge in [0.05, 0.1) is 5.41 Å². The standard InChI is InChI=1S/C19H25N3O2/c1-3-19(4-2,14-20)18(23)22-16-5-7-17(8-6-16)24-13-15-9-11-21-12-10-15/h5-12H,3-4,13-14,20H2,1-2H3,(H,22,23). The van der Waals surface area contributed by atoms with E-state index in [1.54, 1.807) is 12.4 Å². The van der Waals surface area contributed by atoms with Gasteiger partial charge in [0, 0.05) is 24.6 Å². The molecule has 1 aromatic carbocycles. The van der Waals surface area contributed by atoms with Gasteiger partial charge in [-0.2, -0.15) is 0 Å². The predicted molar refractivity (Wildman–Crippen MR) is 95.7 cm³/mol. The summed E-state index contributed by atoms with van der Waals surface area (Å²) in [7, 11) is 0. The average molecular weight is 327 g/mol. The molecule has 0 aliphatic rings. The molecule has 1 aromatic heterocycles. The molecule has 0 fully saturated rings. The van der Waals surface area contributed by atoms with Crippen molar-refractivity contribution >= 4 is 11.6 Å². The second-order valence-corrected chi connectivity index (χ2v) is 5.81. The third kappa shape index (κ3) is 4.32. The second-order valence-electron chi connectivity index (χ2n) is 5.81. The molecule has 0 aliphatic carbocycles. The van der Waals surface area contributed by atoms with Gasteiger partial charge in [0.1, 0.15) is 12.4 Å². The minimum Gasteiger partial charge on any atom is -0.489 e. The molecule has 1 heterocycles. The zero-order chi connectivity index (χ0) is 17.4. The molecule has 128 valence electrons. The average Bonchev–Trinajstić information content (AvgIpc) is 2.64. The van der Waals surface area contributed by atoms with Crippen LogP contribution in [0.4, 0.5) is 5.69 Å². The minimum atomic E-state index is -0.503. The van der Waals surface area contributed by atoms with Gasteiger partial charge in [-0.1, -0.05) is 13.8 Å². The summed E-state index contributed by atoms with van der Waals surface area (Å²) in [6.45, 7) is 4.81. The largest absolute Gasteiger partial charge is 0.489 e. The Bertz CT molecular complexity index is 629.